The first-order valence-electron chi connectivity index (χ1n) is 5.41. The van der Waals surface area contributed by atoms with E-state index in [2.05, 4.69) is 0 Å². The molecule has 2 aliphatic heterocycles. The molecule has 0 aromatic carbocycles. The molecular formula is C10H15NO3. The van der Waals surface area contributed by atoms with Crippen LogP contribution in [0.2, 0.25) is 0 Å². The van der Waals surface area contributed by atoms with Crippen LogP contribution in [-0.4, -0.2) is 42.9 Å². The van der Waals surface area contributed by atoms with Gasteiger partial charge in [0.05, 0.1) is 19.3 Å². The van der Waals surface area contributed by atoms with Crippen LogP contribution >= 0.6 is 0 Å². The summed E-state index contributed by atoms with van der Waals surface area (Å²) in [6, 6.07) is 0.289. The van der Waals surface area contributed by atoms with Crippen LogP contribution in [-0.2, 0) is 9.47 Å². The van der Waals surface area contributed by atoms with E-state index in [9.17, 15) is 4.79 Å². The third-order valence-corrected chi connectivity index (χ3v) is 3.65. The molecule has 3 rings (SSSR count). The van der Waals surface area contributed by atoms with Crippen LogP contribution in [0.1, 0.15) is 19.3 Å². The molecule has 0 radical (unpaired) electrons. The van der Waals surface area contributed by atoms with Gasteiger partial charge in [0, 0.05) is 12.5 Å². The molecule has 4 heteroatoms. The molecular weight excluding hydrogens is 182 g/mol. The van der Waals surface area contributed by atoms with Gasteiger partial charge in [-0.2, -0.15) is 0 Å². The average Bonchev–Trinajstić information content (AvgIpc) is 2.66. The lowest BCUT2D eigenvalue weighted by Gasteiger charge is -2.44. The number of rotatable bonds is 0. The standard InChI is InChI=1S/C10H15NO3/c12-10-11-4-5-13-6-8(11)7-2-1-3-9(7)14-10/h7-9H,1-6H2/t7-,8-,9+/m0/s1. The van der Waals surface area contributed by atoms with Crippen molar-refractivity contribution in [2.45, 2.75) is 31.4 Å². The minimum Gasteiger partial charge on any atom is -0.446 e. The summed E-state index contributed by atoms with van der Waals surface area (Å²) < 4.78 is 10.9. The van der Waals surface area contributed by atoms with E-state index in [4.69, 9.17) is 9.47 Å². The molecule has 78 valence electrons. The summed E-state index contributed by atoms with van der Waals surface area (Å²) in [7, 11) is 0. The first kappa shape index (κ1) is 8.53. The maximum absolute atomic E-state index is 11.6. The number of morpholine rings is 1. The van der Waals surface area contributed by atoms with Gasteiger partial charge < -0.3 is 14.4 Å². The first-order valence-corrected chi connectivity index (χ1v) is 5.41. The zero-order valence-electron chi connectivity index (χ0n) is 8.15. The summed E-state index contributed by atoms with van der Waals surface area (Å²) in [4.78, 5) is 13.5. The van der Waals surface area contributed by atoms with E-state index in [0.717, 1.165) is 6.42 Å². The predicted octanol–water partition coefficient (Wildman–Crippen LogP) is 1.01. The van der Waals surface area contributed by atoms with Gasteiger partial charge in [0.15, 0.2) is 0 Å². The molecule has 3 fully saturated rings. The van der Waals surface area contributed by atoms with Crippen LogP contribution in [0.5, 0.6) is 0 Å². The molecule has 0 spiro atoms. The molecule has 2 saturated heterocycles. The van der Waals surface area contributed by atoms with Crippen molar-refractivity contribution in [1.29, 1.82) is 0 Å². The van der Waals surface area contributed by atoms with Crippen molar-refractivity contribution >= 4 is 6.09 Å². The van der Waals surface area contributed by atoms with Gasteiger partial charge in [-0.05, 0) is 19.3 Å². The number of ether oxygens (including phenoxy) is 2. The highest BCUT2D eigenvalue weighted by molar-refractivity contribution is 5.69. The molecule has 1 saturated carbocycles. The zero-order chi connectivity index (χ0) is 9.54. The molecule has 0 N–H and O–H groups in total. The average molecular weight is 197 g/mol. The smallest absolute Gasteiger partial charge is 0.410 e. The number of carbonyl (C=O) groups excluding carboxylic acids is 1. The van der Waals surface area contributed by atoms with E-state index in [-0.39, 0.29) is 18.2 Å². The van der Waals surface area contributed by atoms with Crippen molar-refractivity contribution in [2.75, 3.05) is 19.8 Å². The molecule has 3 aliphatic rings. The third kappa shape index (κ3) is 1.13. The van der Waals surface area contributed by atoms with Crippen LogP contribution in [0.3, 0.4) is 0 Å². The van der Waals surface area contributed by atoms with E-state index in [1.807, 2.05) is 4.90 Å². The molecule has 1 aliphatic carbocycles. The second-order valence-electron chi connectivity index (χ2n) is 4.35. The molecule has 3 atom stereocenters. The Morgan fingerprint density at radius 2 is 2.29 bits per heavy atom. The largest absolute Gasteiger partial charge is 0.446 e. The van der Waals surface area contributed by atoms with E-state index >= 15 is 0 Å². The fourth-order valence-electron chi connectivity index (χ4n) is 2.94. The quantitative estimate of drug-likeness (QED) is 0.581. The zero-order valence-corrected chi connectivity index (χ0v) is 8.15. The molecule has 2 heterocycles. The Hall–Kier alpha value is -0.770. The number of nitrogens with zero attached hydrogens (tertiary/aromatic N) is 1. The lowest BCUT2D eigenvalue weighted by molar-refractivity contribution is -0.0877. The number of carbonyl (C=O) groups is 1. The van der Waals surface area contributed by atoms with Crippen LogP contribution < -0.4 is 0 Å². The van der Waals surface area contributed by atoms with Gasteiger partial charge in [-0.25, -0.2) is 4.79 Å². The lowest BCUT2D eigenvalue weighted by atomic mass is 9.93. The van der Waals surface area contributed by atoms with Crippen LogP contribution in [0.25, 0.3) is 0 Å². The molecule has 4 nitrogen and oxygen atoms in total. The van der Waals surface area contributed by atoms with Crippen molar-refractivity contribution in [3.63, 3.8) is 0 Å². The van der Waals surface area contributed by atoms with E-state index in [1.165, 1.54) is 12.8 Å². The second kappa shape index (κ2) is 3.12. The van der Waals surface area contributed by atoms with Crippen LogP contribution in [0, 0.1) is 5.92 Å². The molecule has 0 aromatic rings. The van der Waals surface area contributed by atoms with E-state index in [1.54, 1.807) is 0 Å². The SMILES string of the molecule is O=C1O[C@@H]2CCC[C@H]2[C@@H]2COCCN12. The van der Waals surface area contributed by atoms with Gasteiger partial charge in [-0.15, -0.1) is 0 Å². The Bertz CT molecular complexity index is 256. The van der Waals surface area contributed by atoms with Gasteiger partial charge in [-0.1, -0.05) is 0 Å². The fraction of sp³-hybridized carbons (Fsp3) is 0.900. The Balaban J connectivity index is 1.85. The second-order valence-corrected chi connectivity index (χ2v) is 4.35. The molecule has 14 heavy (non-hydrogen) atoms. The topological polar surface area (TPSA) is 38.8 Å². The highest BCUT2D eigenvalue weighted by Crippen LogP contribution is 2.38. The van der Waals surface area contributed by atoms with Crippen molar-refractivity contribution < 1.29 is 14.3 Å². The highest BCUT2D eigenvalue weighted by atomic mass is 16.6. The number of hydrogen-bond acceptors (Lipinski definition) is 3. The number of hydrogen-bond donors (Lipinski definition) is 0. The molecule has 1 amide bonds. The monoisotopic (exact) mass is 197 g/mol. The molecule has 0 unspecified atom stereocenters. The van der Waals surface area contributed by atoms with Gasteiger partial charge in [0.1, 0.15) is 6.10 Å². The Kier molecular flexibility index (Phi) is 1.90. The third-order valence-electron chi connectivity index (χ3n) is 3.65. The van der Waals surface area contributed by atoms with E-state index < -0.39 is 0 Å². The Morgan fingerprint density at radius 3 is 3.21 bits per heavy atom. The van der Waals surface area contributed by atoms with Crippen LogP contribution in [0.15, 0.2) is 0 Å². The van der Waals surface area contributed by atoms with Crippen LogP contribution in [0.4, 0.5) is 4.79 Å². The Labute approximate surface area is 83.2 Å². The maximum Gasteiger partial charge on any atom is 0.410 e. The van der Waals surface area contributed by atoms with Gasteiger partial charge in [0.2, 0.25) is 0 Å². The van der Waals surface area contributed by atoms with Crippen molar-refractivity contribution in [3.05, 3.63) is 0 Å². The normalized spacial score (nSPS) is 41.6. The van der Waals surface area contributed by atoms with Crippen molar-refractivity contribution in [1.82, 2.24) is 4.90 Å². The van der Waals surface area contributed by atoms with E-state index in [0.29, 0.717) is 25.7 Å². The minimum atomic E-state index is -0.124. The summed E-state index contributed by atoms with van der Waals surface area (Å²) in [5.74, 6) is 0.521. The van der Waals surface area contributed by atoms with Gasteiger partial charge in [0.25, 0.3) is 0 Å². The lowest BCUT2D eigenvalue weighted by Crippen LogP contribution is -2.58. The Morgan fingerprint density at radius 1 is 1.36 bits per heavy atom. The predicted molar refractivity (Wildman–Crippen MR) is 48.9 cm³/mol. The van der Waals surface area contributed by atoms with Gasteiger partial charge in [-0.3, -0.25) is 0 Å². The van der Waals surface area contributed by atoms with Crippen molar-refractivity contribution in [3.8, 4) is 0 Å². The van der Waals surface area contributed by atoms with Crippen molar-refractivity contribution in [2.24, 2.45) is 5.92 Å². The van der Waals surface area contributed by atoms with Gasteiger partial charge >= 0.3 is 6.09 Å². The number of amides is 1. The molecule has 0 aromatic heterocycles. The summed E-state index contributed by atoms with van der Waals surface area (Å²) in [5, 5.41) is 0. The summed E-state index contributed by atoms with van der Waals surface area (Å²) in [5.41, 5.74) is 0. The first-order chi connectivity index (χ1) is 6.86. The highest BCUT2D eigenvalue weighted by Gasteiger charge is 2.46. The number of fused-ring (bicyclic) bond motifs is 3. The fourth-order valence-corrected chi connectivity index (χ4v) is 2.94. The minimum absolute atomic E-state index is 0.124. The maximum atomic E-state index is 11.6. The summed E-state index contributed by atoms with van der Waals surface area (Å²) >= 11 is 0. The summed E-state index contributed by atoms with van der Waals surface area (Å²) in [6.07, 6.45) is 3.46. The molecule has 0 bridgehead atoms. The summed E-state index contributed by atoms with van der Waals surface area (Å²) in [6.45, 7) is 2.06.